The molecule has 164 valence electrons. The summed E-state index contributed by atoms with van der Waals surface area (Å²) >= 11 is 0. The zero-order chi connectivity index (χ0) is 21.9. The molecule has 4 aromatic rings. The van der Waals surface area contributed by atoms with Gasteiger partial charge in [0.15, 0.2) is 0 Å². The Morgan fingerprint density at radius 1 is 1.09 bits per heavy atom. The number of pyridine rings is 1. The molecule has 7 heteroatoms. The third-order valence-corrected chi connectivity index (χ3v) is 5.89. The highest BCUT2D eigenvalue weighted by atomic mass is 19.1. The zero-order valence-corrected chi connectivity index (χ0v) is 17.7. The van der Waals surface area contributed by atoms with Crippen molar-refractivity contribution in [2.45, 2.75) is 6.42 Å². The van der Waals surface area contributed by atoms with E-state index in [0.29, 0.717) is 17.9 Å². The van der Waals surface area contributed by atoms with Gasteiger partial charge in [-0.25, -0.2) is 9.37 Å². The van der Waals surface area contributed by atoms with E-state index in [0.717, 1.165) is 66.6 Å². The number of fused-ring (bicyclic) bond motifs is 3. The van der Waals surface area contributed by atoms with E-state index < -0.39 is 0 Å². The SMILES string of the molecule is O=C(NCCCN1CCOCC1)c1cc2c([nH]c3ccccc32)c(-c2ccc(F)cc2)n1. The lowest BCUT2D eigenvalue weighted by molar-refractivity contribution is 0.0374. The lowest BCUT2D eigenvalue weighted by atomic mass is 10.1. The fraction of sp³-hybridized carbons (Fsp3) is 0.280. The van der Waals surface area contributed by atoms with Gasteiger partial charge in [0.2, 0.25) is 0 Å². The van der Waals surface area contributed by atoms with Crippen LogP contribution in [0.4, 0.5) is 4.39 Å². The van der Waals surface area contributed by atoms with E-state index in [1.165, 1.54) is 12.1 Å². The van der Waals surface area contributed by atoms with Gasteiger partial charge in [0, 0.05) is 41.5 Å². The van der Waals surface area contributed by atoms with Crippen LogP contribution in [0.2, 0.25) is 0 Å². The number of carbonyl (C=O) groups is 1. The minimum absolute atomic E-state index is 0.206. The van der Waals surface area contributed by atoms with Crippen LogP contribution in [0.3, 0.4) is 0 Å². The van der Waals surface area contributed by atoms with Gasteiger partial charge >= 0.3 is 0 Å². The van der Waals surface area contributed by atoms with Gasteiger partial charge in [0.05, 0.1) is 24.4 Å². The number of nitrogens with zero attached hydrogens (tertiary/aromatic N) is 2. The molecule has 32 heavy (non-hydrogen) atoms. The van der Waals surface area contributed by atoms with Crippen LogP contribution in [0, 0.1) is 5.82 Å². The monoisotopic (exact) mass is 432 g/mol. The maximum absolute atomic E-state index is 13.5. The predicted molar refractivity (Wildman–Crippen MR) is 123 cm³/mol. The van der Waals surface area contributed by atoms with Gasteiger partial charge in [-0.1, -0.05) is 18.2 Å². The van der Waals surface area contributed by atoms with Crippen molar-refractivity contribution in [1.29, 1.82) is 0 Å². The number of aromatic amines is 1. The summed E-state index contributed by atoms with van der Waals surface area (Å²) in [6.07, 6.45) is 0.867. The average Bonchev–Trinajstić information content (AvgIpc) is 3.21. The van der Waals surface area contributed by atoms with E-state index in [9.17, 15) is 9.18 Å². The molecule has 0 bridgehead atoms. The van der Waals surface area contributed by atoms with Crippen molar-refractivity contribution in [3.05, 3.63) is 66.1 Å². The van der Waals surface area contributed by atoms with E-state index in [-0.39, 0.29) is 11.7 Å². The number of rotatable bonds is 6. The van der Waals surface area contributed by atoms with Gasteiger partial charge in [-0.15, -0.1) is 0 Å². The van der Waals surface area contributed by atoms with Gasteiger partial charge in [0.1, 0.15) is 11.5 Å². The minimum atomic E-state index is -0.309. The number of aromatic nitrogens is 2. The molecule has 1 fully saturated rings. The molecule has 1 aliphatic heterocycles. The van der Waals surface area contributed by atoms with E-state index in [2.05, 4.69) is 20.2 Å². The summed E-state index contributed by atoms with van der Waals surface area (Å²) in [5, 5.41) is 4.95. The van der Waals surface area contributed by atoms with Crippen molar-refractivity contribution in [3.63, 3.8) is 0 Å². The Bertz CT molecular complexity index is 1250. The van der Waals surface area contributed by atoms with Crippen molar-refractivity contribution < 1.29 is 13.9 Å². The Morgan fingerprint density at radius 2 is 1.88 bits per heavy atom. The van der Waals surface area contributed by atoms with E-state index in [4.69, 9.17) is 4.74 Å². The summed E-state index contributed by atoms with van der Waals surface area (Å²) in [4.78, 5) is 23.4. The van der Waals surface area contributed by atoms with Crippen LogP contribution >= 0.6 is 0 Å². The first-order chi connectivity index (χ1) is 15.7. The number of ether oxygens (including phenoxy) is 1. The van der Waals surface area contributed by atoms with Gasteiger partial charge in [-0.05, 0) is 49.4 Å². The fourth-order valence-electron chi connectivity index (χ4n) is 4.20. The second kappa shape index (κ2) is 9.06. The molecule has 0 atom stereocenters. The standard InChI is InChI=1S/C25H25FN4O2/c26-18-8-6-17(7-9-18)23-24-20(19-4-1-2-5-21(19)28-24)16-22(29-23)25(31)27-10-3-11-30-12-14-32-15-13-30/h1-2,4-9,16,28H,3,10-15H2,(H,27,31). The molecular formula is C25H25FN4O2. The molecule has 2 N–H and O–H groups in total. The topological polar surface area (TPSA) is 70.2 Å². The molecule has 0 aliphatic carbocycles. The van der Waals surface area contributed by atoms with Gasteiger partial charge in [-0.3, -0.25) is 9.69 Å². The van der Waals surface area contributed by atoms with E-state index in [1.807, 2.05) is 30.3 Å². The predicted octanol–water partition coefficient (Wildman–Crippen LogP) is 3.97. The number of para-hydroxylation sites is 1. The van der Waals surface area contributed by atoms with Gasteiger partial charge in [-0.2, -0.15) is 0 Å². The first-order valence-electron chi connectivity index (χ1n) is 10.9. The Labute approximate surface area is 185 Å². The number of H-pyrrole nitrogens is 1. The van der Waals surface area contributed by atoms with Crippen molar-refractivity contribution in [2.75, 3.05) is 39.4 Å². The van der Waals surface area contributed by atoms with Crippen molar-refractivity contribution in [2.24, 2.45) is 0 Å². The second-order valence-electron chi connectivity index (χ2n) is 8.02. The average molecular weight is 432 g/mol. The number of hydrogen-bond donors (Lipinski definition) is 2. The van der Waals surface area contributed by atoms with Crippen molar-refractivity contribution in [3.8, 4) is 11.3 Å². The van der Waals surface area contributed by atoms with Crippen LogP contribution in [0.25, 0.3) is 33.1 Å². The molecule has 3 heterocycles. The summed E-state index contributed by atoms with van der Waals surface area (Å²) in [5.41, 5.74) is 3.55. The molecule has 0 saturated carbocycles. The number of halogens is 1. The number of hydrogen-bond acceptors (Lipinski definition) is 4. The lowest BCUT2D eigenvalue weighted by Gasteiger charge is -2.26. The van der Waals surface area contributed by atoms with E-state index in [1.54, 1.807) is 12.1 Å². The Kier molecular flexibility index (Phi) is 5.83. The van der Waals surface area contributed by atoms with Crippen molar-refractivity contribution in [1.82, 2.24) is 20.2 Å². The number of morpholine rings is 1. The Balaban J connectivity index is 1.42. The highest BCUT2D eigenvalue weighted by molar-refractivity contribution is 6.13. The highest BCUT2D eigenvalue weighted by Crippen LogP contribution is 2.32. The second-order valence-corrected chi connectivity index (χ2v) is 8.02. The minimum Gasteiger partial charge on any atom is -0.379 e. The number of nitrogens with one attached hydrogen (secondary N) is 2. The van der Waals surface area contributed by atoms with Crippen LogP contribution in [0.1, 0.15) is 16.9 Å². The molecule has 2 aromatic heterocycles. The Hall–Kier alpha value is -3.29. The van der Waals surface area contributed by atoms with Crippen LogP contribution in [0.15, 0.2) is 54.6 Å². The quantitative estimate of drug-likeness (QED) is 0.452. The van der Waals surface area contributed by atoms with Crippen LogP contribution in [-0.4, -0.2) is 60.2 Å². The maximum Gasteiger partial charge on any atom is 0.269 e. The molecule has 1 aliphatic rings. The summed E-state index contributed by atoms with van der Waals surface area (Å²) < 4.78 is 18.9. The Morgan fingerprint density at radius 3 is 2.69 bits per heavy atom. The zero-order valence-electron chi connectivity index (χ0n) is 17.7. The van der Waals surface area contributed by atoms with E-state index >= 15 is 0 Å². The van der Waals surface area contributed by atoms with Crippen LogP contribution < -0.4 is 5.32 Å². The van der Waals surface area contributed by atoms with Crippen molar-refractivity contribution >= 4 is 27.7 Å². The molecule has 1 amide bonds. The van der Waals surface area contributed by atoms with Crippen LogP contribution in [-0.2, 0) is 4.74 Å². The molecule has 5 rings (SSSR count). The molecule has 0 unspecified atom stereocenters. The third-order valence-electron chi connectivity index (χ3n) is 5.89. The molecule has 0 spiro atoms. The summed E-state index contributed by atoms with van der Waals surface area (Å²) in [6.45, 7) is 4.93. The summed E-state index contributed by atoms with van der Waals surface area (Å²) in [6, 6.07) is 16.0. The van der Waals surface area contributed by atoms with Gasteiger partial charge < -0.3 is 15.0 Å². The third kappa shape index (κ3) is 4.22. The molecule has 2 aromatic carbocycles. The number of benzene rings is 2. The molecule has 1 saturated heterocycles. The highest BCUT2D eigenvalue weighted by Gasteiger charge is 2.17. The maximum atomic E-state index is 13.5. The number of carbonyl (C=O) groups excluding carboxylic acids is 1. The molecule has 6 nitrogen and oxygen atoms in total. The van der Waals surface area contributed by atoms with Gasteiger partial charge in [0.25, 0.3) is 5.91 Å². The smallest absolute Gasteiger partial charge is 0.269 e. The number of amides is 1. The first-order valence-corrected chi connectivity index (χ1v) is 10.9. The first kappa shape index (κ1) is 20.6. The summed E-state index contributed by atoms with van der Waals surface area (Å²) in [5.74, 6) is -0.515. The van der Waals surface area contributed by atoms with Crippen LogP contribution in [0.5, 0.6) is 0 Å². The fourth-order valence-corrected chi connectivity index (χ4v) is 4.20. The molecular weight excluding hydrogens is 407 g/mol. The summed E-state index contributed by atoms with van der Waals surface area (Å²) in [7, 11) is 0. The largest absolute Gasteiger partial charge is 0.379 e. The molecule has 0 radical (unpaired) electrons. The lowest BCUT2D eigenvalue weighted by Crippen LogP contribution is -2.38. The normalized spacial score (nSPS) is 14.8.